The maximum Gasteiger partial charge on any atom is 0.204 e. The SMILES string of the molecule is Bc1c(O)c(O)c(O)c(O)c1-c1ccc(N(c2ccc(-c3cccc(-n4c5ccccc5c5ccccc54)c3)cc2)c2ccc(-c3ccc4c(c3)COc3ccccc3-4)cc2)cc1. The van der Waals surface area contributed by atoms with E-state index in [1.807, 2.05) is 42.5 Å². The molecular formula is C55H39BN2O5. The highest BCUT2D eigenvalue weighted by Crippen LogP contribution is 2.47. The van der Waals surface area contributed by atoms with E-state index in [2.05, 4.69) is 155 Å². The van der Waals surface area contributed by atoms with Crippen LogP contribution in [0, 0.1) is 0 Å². The van der Waals surface area contributed by atoms with Gasteiger partial charge in [-0.05, 0) is 117 Å². The maximum atomic E-state index is 10.8. The molecule has 302 valence electrons. The van der Waals surface area contributed by atoms with E-state index < -0.39 is 23.0 Å². The second-order valence-electron chi connectivity index (χ2n) is 15.9. The predicted molar refractivity (Wildman–Crippen MR) is 256 cm³/mol. The fourth-order valence-electron chi connectivity index (χ4n) is 9.15. The molecule has 4 N–H and O–H groups in total. The fraction of sp³-hybridized carbons (Fsp3) is 0.0182. The first-order chi connectivity index (χ1) is 30.8. The molecule has 7 nitrogen and oxygen atoms in total. The number of aromatic hydroxyl groups is 4. The average Bonchev–Trinajstić information content (AvgIpc) is 3.68. The van der Waals surface area contributed by atoms with Crippen LogP contribution in [0.15, 0.2) is 188 Å². The Hall–Kier alpha value is -8.36. The van der Waals surface area contributed by atoms with Gasteiger partial charge in [0, 0.05) is 44.6 Å². The van der Waals surface area contributed by atoms with Crippen molar-refractivity contribution in [1.82, 2.24) is 4.57 Å². The first-order valence-electron chi connectivity index (χ1n) is 20.8. The van der Waals surface area contributed by atoms with Gasteiger partial charge < -0.3 is 34.6 Å². The minimum Gasteiger partial charge on any atom is -0.505 e. The number of benzene rings is 9. The minimum absolute atomic E-state index is 0.233. The fourth-order valence-corrected chi connectivity index (χ4v) is 9.15. The zero-order chi connectivity index (χ0) is 42.8. The molecule has 63 heavy (non-hydrogen) atoms. The van der Waals surface area contributed by atoms with Gasteiger partial charge in [-0.1, -0.05) is 115 Å². The Bertz CT molecular complexity index is 3310. The van der Waals surface area contributed by atoms with Gasteiger partial charge in [-0.25, -0.2) is 0 Å². The molecule has 1 aromatic heterocycles. The van der Waals surface area contributed by atoms with Crippen molar-refractivity contribution in [3.8, 4) is 78.9 Å². The number of hydrogen-bond donors (Lipinski definition) is 4. The number of phenols is 4. The third kappa shape index (κ3) is 6.30. The number of hydrogen-bond acceptors (Lipinski definition) is 6. The summed E-state index contributed by atoms with van der Waals surface area (Å²) in [6, 6.07) is 65.0. The van der Waals surface area contributed by atoms with E-state index in [-0.39, 0.29) is 11.0 Å². The Morgan fingerprint density at radius 1 is 0.444 bits per heavy atom. The molecule has 0 bridgehead atoms. The molecule has 11 rings (SSSR count). The number of phenolic OH excluding ortho intramolecular Hbond substituents is 4. The van der Waals surface area contributed by atoms with E-state index in [9.17, 15) is 20.4 Å². The zero-order valence-corrected chi connectivity index (χ0v) is 34.2. The molecule has 10 aromatic rings. The Kier molecular flexibility index (Phi) is 8.94. The van der Waals surface area contributed by atoms with Crippen molar-refractivity contribution in [1.29, 1.82) is 0 Å². The summed E-state index contributed by atoms with van der Waals surface area (Å²) in [7, 11) is 1.58. The van der Waals surface area contributed by atoms with Crippen LogP contribution in [0.4, 0.5) is 17.1 Å². The highest BCUT2D eigenvalue weighted by molar-refractivity contribution is 6.39. The molecule has 8 heteroatoms. The van der Waals surface area contributed by atoms with Gasteiger partial charge in [-0.3, -0.25) is 0 Å². The van der Waals surface area contributed by atoms with Crippen LogP contribution < -0.4 is 15.1 Å². The molecular weight excluding hydrogens is 779 g/mol. The molecule has 2 heterocycles. The van der Waals surface area contributed by atoms with Gasteiger partial charge in [0.05, 0.1) is 11.0 Å². The van der Waals surface area contributed by atoms with Crippen LogP contribution in [0.25, 0.3) is 72.0 Å². The van der Waals surface area contributed by atoms with E-state index in [0.29, 0.717) is 12.2 Å². The van der Waals surface area contributed by atoms with Gasteiger partial charge in [-0.15, -0.1) is 0 Å². The van der Waals surface area contributed by atoms with Crippen LogP contribution >= 0.6 is 0 Å². The summed E-state index contributed by atoms with van der Waals surface area (Å²) in [5.74, 6) is -1.60. The second kappa shape index (κ2) is 15.0. The smallest absolute Gasteiger partial charge is 0.204 e. The van der Waals surface area contributed by atoms with E-state index in [4.69, 9.17) is 4.74 Å². The molecule has 0 saturated carbocycles. The Labute approximate surface area is 364 Å². The molecule has 1 aliphatic heterocycles. The summed E-state index contributed by atoms with van der Waals surface area (Å²) < 4.78 is 8.42. The first kappa shape index (κ1) is 37.6. The van der Waals surface area contributed by atoms with Crippen molar-refractivity contribution in [2.24, 2.45) is 0 Å². The largest absolute Gasteiger partial charge is 0.505 e. The van der Waals surface area contributed by atoms with E-state index >= 15 is 0 Å². The molecule has 0 saturated heterocycles. The summed E-state index contributed by atoms with van der Waals surface area (Å²) in [5.41, 5.74) is 15.0. The van der Waals surface area contributed by atoms with Gasteiger partial charge in [0.1, 0.15) is 20.2 Å². The molecule has 0 amide bonds. The standard InChI is InChI=1S/C55H39BN2O5/c56-51-50(52(59)54(61)55(62)53(51)60)35-20-27-41(28-21-35)57(40-25-18-34(19-26-40)37-22-29-43-38(30-37)32-63-49-15-6-3-12-46(43)49)39-23-16-33(17-24-39)36-8-7-9-42(31-36)58-47-13-4-1-10-44(47)45-11-2-5-14-48(45)58/h1-31,59-62H,32,56H2. The third-order valence-corrected chi connectivity index (χ3v) is 12.3. The van der Waals surface area contributed by atoms with Crippen LogP contribution in [0.1, 0.15) is 5.56 Å². The minimum atomic E-state index is -0.768. The third-order valence-electron chi connectivity index (χ3n) is 12.3. The number of fused-ring (bicyclic) bond motifs is 6. The molecule has 0 aliphatic carbocycles. The molecule has 0 fully saturated rings. The van der Waals surface area contributed by atoms with Gasteiger partial charge in [0.2, 0.25) is 11.5 Å². The number of rotatable bonds is 7. The Morgan fingerprint density at radius 3 is 1.60 bits per heavy atom. The monoisotopic (exact) mass is 818 g/mol. The summed E-state index contributed by atoms with van der Waals surface area (Å²) in [4.78, 5) is 2.17. The van der Waals surface area contributed by atoms with E-state index in [1.54, 1.807) is 7.85 Å². The summed E-state index contributed by atoms with van der Waals surface area (Å²) in [5, 5.41) is 44.3. The van der Waals surface area contributed by atoms with Crippen LogP contribution in [0.3, 0.4) is 0 Å². The lowest BCUT2D eigenvalue weighted by Gasteiger charge is -2.26. The molecule has 0 unspecified atom stereocenters. The van der Waals surface area contributed by atoms with Gasteiger partial charge in [0.25, 0.3) is 0 Å². The average molecular weight is 819 g/mol. The predicted octanol–water partition coefficient (Wildman–Crippen LogP) is 11.9. The van der Waals surface area contributed by atoms with Crippen LogP contribution in [-0.2, 0) is 6.61 Å². The van der Waals surface area contributed by atoms with E-state index in [1.165, 1.54) is 16.3 Å². The molecule has 1 aliphatic rings. The lowest BCUT2D eigenvalue weighted by Crippen LogP contribution is -2.11. The summed E-state index contributed by atoms with van der Waals surface area (Å²) in [6.45, 7) is 0.517. The summed E-state index contributed by atoms with van der Waals surface area (Å²) in [6.07, 6.45) is 0. The Morgan fingerprint density at radius 2 is 0.968 bits per heavy atom. The van der Waals surface area contributed by atoms with Crippen molar-refractivity contribution in [3.63, 3.8) is 0 Å². The van der Waals surface area contributed by atoms with Crippen LogP contribution in [0.5, 0.6) is 28.7 Å². The van der Waals surface area contributed by atoms with Gasteiger partial charge in [-0.2, -0.15) is 0 Å². The Balaban J connectivity index is 0.965. The normalized spacial score (nSPS) is 11.9. The number of ether oxygens (including phenoxy) is 1. The molecule has 9 aromatic carbocycles. The number of nitrogens with zero attached hydrogens (tertiary/aromatic N) is 2. The zero-order valence-electron chi connectivity index (χ0n) is 34.2. The lowest BCUT2D eigenvalue weighted by atomic mass is 9.84. The lowest BCUT2D eigenvalue weighted by molar-refractivity contribution is 0.302. The first-order valence-corrected chi connectivity index (χ1v) is 20.8. The number of anilines is 3. The molecule has 0 atom stereocenters. The van der Waals surface area contributed by atoms with Gasteiger partial charge in [0.15, 0.2) is 11.5 Å². The summed E-state index contributed by atoms with van der Waals surface area (Å²) >= 11 is 0. The maximum absolute atomic E-state index is 10.8. The van der Waals surface area contributed by atoms with Crippen molar-refractivity contribution in [2.45, 2.75) is 6.61 Å². The van der Waals surface area contributed by atoms with Crippen LogP contribution in [0.2, 0.25) is 0 Å². The van der Waals surface area contributed by atoms with Crippen molar-refractivity contribution in [3.05, 3.63) is 194 Å². The van der Waals surface area contributed by atoms with Crippen molar-refractivity contribution >= 4 is 52.2 Å². The highest BCUT2D eigenvalue weighted by Gasteiger charge is 2.23. The number of aromatic nitrogens is 1. The van der Waals surface area contributed by atoms with Crippen molar-refractivity contribution in [2.75, 3.05) is 4.90 Å². The second-order valence-corrected chi connectivity index (χ2v) is 15.9. The topological polar surface area (TPSA) is 98.3 Å². The highest BCUT2D eigenvalue weighted by atomic mass is 16.5. The van der Waals surface area contributed by atoms with E-state index in [0.717, 1.165) is 72.9 Å². The van der Waals surface area contributed by atoms with Crippen LogP contribution in [-0.4, -0.2) is 32.8 Å². The van der Waals surface area contributed by atoms with Crippen molar-refractivity contribution < 1.29 is 25.2 Å². The molecule has 0 radical (unpaired) electrons. The van der Waals surface area contributed by atoms with Gasteiger partial charge >= 0.3 is 0 Å². The number of para-hydroxylation sites is 3. The quantitative estimate of drug-likeness (QED) is 0.0726. The molecule has 0 spiro atoms.